The summed E-state index contributed by atoms with van der Waals surface area (Å²) in [5.74, 6) is 0. The molecule has 2 aromatic carbocycles. The Balaban J connectivity index is 2.15. The lowest BCUT2D eigenvalue weighted by molar-refractivity contribution is 0.312. The lowest BCUT2D eigenvalue weighted by atomic mass is 9.88. The summed E-state index contributed by atoms with van der Waals surface area (Å²) >= 11 is 0. The Morgan fingerprint density at radius 3 is 2.58 bits per heavy atom. The van der Waals surface area contributed by atoms with Gasteiger partial charge in [-0.3, -0.25) is 0 Å². The molecule has 0 amide bonds. The van der Waals surface area contributed by atoms with Crippen LogP contribution >= 0.6 is 0 Å². The van der Waals surface area contributed by atoms with Crippen molar-refractivity contribution in [3.63, 3.8) is 0 Å². The van der Waals surface area contributed by atoms with E-state index in [-0.39, 0.29) is 0 Å². The van der Waals surface area contributed by atoms with E-state index in [1.54, 1.807) is 0 Å². The largest absolute Gasteiger partial charge is 0.326 e. The van der Waals surface area contributed by atoms with Crippen LogP contribution in [0.4, 0.5) is 0 Å². The first-order valence-electron chi connectivity index (χ1n) is 6.87. The fraction of sp³-hybridized carbons (Fsp3) is 0.294. The lowest BCUT2D eigenvalue weighted by Crippen LogP contribution is -2.28. The SMILES string of the molecule is CN1CCc2c(-c3ccccc3)ccc(CN)c2C1. The van der Waals surface area contributed by atoms with Crippen LogP contribution in [0, 0.1) is 0 Å². The molecule has 0 spiro atoms. The molecule has 2 nitrogen and oxygen atoms in total. The van der Waals surface area contributed by atoms with E-state index in [1.165, 1.54) is 27.8 Å². The number of fused-ring (bicyclic) bond motifs is 1. The van der Waals surface area contributed by atoms with E-state index < -0.39 is 0 Å². The van der Waals surface area contributed by atoms with Gasteiger partial charge < -0.3 is 10.6 Å². The molecule has 0 aromatic heterocycles. The Hall–Kier alpha value is -1.64. The fourth-order valence-corrected chi connectivity index (χ4v) is 2.96. The highest BCUT2D eigenvalue weighted by atomic mass is 15.1. The van der Waals surface area contributed by atoms with Crippen molar-refractivity contribution in [1.82, 2.24) is 4.90 Å². The molecular weight excluding hydrogens is 232 g/mol. The van der Waals surface area contributed by atoms with Gasteiger partial charge in [-0.25, -0.2) is 0 Å². The number of nitrogens with two attached hydrogens (primary N) is 1. The van der Waals surface area contributed by atoms with Gasteiger partial charge in [-0.05, 0) is 41.3 Å². The zero-order chi connectivity index (χ0) is 13.2. The van der Waals surface area contributed by atoms with Gasteiger partial charge in [-0.2, -0.15) is 0 Å². The molecule has 2 aromatic rings. The highest BCUT2D eigenvalue weighted by molar-refractivity contribution is 5.70. The summed E-state index contributed by atoms with van der Waals surface area (Å²) in [5, 5.41) is 0. The van der Waals surface area contributed by atoms with Crippen molar-refractivity contribution in [3.8, 4) is 11.1 Å². The van der Waals surface area contributed by atoms with Crippen LogP contribution in [-0.4, -0.2) is 18.5 Å². The van der Waals surface area contributed by atoms with Crippen molar-refractivity contribution >= 4 is 0 Å². The third-order valence-electron chi connectivity index (χ3n) is 4.00. The zero-order valence-corrected chi connectivity index (χ0v) is 11.4. The second-order valence-corrected chi connectivity index (χ2v) is 5.29. The molecule has 0 fully saturated rings. The van der Waals surface area contributed by atoms with Crippen molar-refractivity contribution < 1.29 is 0 Å². The molecule has 0 saturated heterocycles. The summed E-state index contributed by atoms with van der Waals surface area (Å²) in [6.45, 7) is 2.77. The van der Waals surface area contributed by atoms with Crippen LogP contribution in [0.1, 0.15) is 16.7 Å². The maximum Gasteiger partial charge on any atom is 0.0237 e. The lowest BCUT2D eigenvalue weighted by Gasteiger charge is -2.29. The zero-order valence-electron chi connectivity index (χ0n) is 11.4. The molecule has 98 valence electrons. The molecule has 0 aliphatic carbocycles. The van der Waals surface area contributed by atoms with Crippen LogP contribution in [0.3, 0.4) is 0 Å². The van der Waals surface area contributed by atoms with Gasteiger partial charge in [0.1, 0.15) is 0 Å². The molecule has 0 bridgehead atoms. The van der Waals surface area contributed by atoms with Crippen molar-refractivity contribution in [2.24, 2.45) is 5.73 Å². The van der Waals surface area contributed by atoms with Crippen molar-refractivity contribution in [1.29, 1.82) is 0 Å². The standard InChI is InChI=1S/C17H20N2/c1-19-10-9-16-15(13-5-3-2-4-6-13)8-7-14(11-18)17(16)12-19/h2-8H,9-12,18H2,1H3. The maximum absolute atomic E-state index is 5.89. The first-order chi connectivity index (χ1) is 9.29. The molecular formula is C17H20N2. The molecule has 2 heteroatoms. The predicted octanol–water partition coefficient (Wildman–Crippen LogP) is 2.80. The number of likely N-dealkylation sites (N-methyl/N-ethyl adjacent to an activating group) is 1. The topological polar surface area (TPSA) is 29.3 Å². The Morgan fingerprint density at radius 2 is 1.84 bits per heavy atom. The van der Waals surface area contributed by atoms with Gasteiger partial charge in [0.05, 0.1) is 0 Å². The molecule has 2 N–H and O–H groups in total. The van der Waals surface area contributed by atoms with Gasteiger partial charge in [-0.1, -0.05) is 42.5 Å². The molecule has 0 radical (unpaired) electrons. The molecule has 1 heterocycles. The van der Waals surface area contributed by atoms with Gasteiger partial charge in [-0.15, -0.1) is 0 Å². The molecule has 0 unspecified atom stereocenters. The number of benzene rings is 2. The highest BCUT2D eigenvalue weighted by Crippen LogP contribution is 2.32. The van der Waals surface area contributed by atoms with Crippen molar-refractivity contribution in [3.05, 3.63) is 59.2 Å². The van der Waals surface area contributed by atoms with Gasteiger partial charge >= 0.3 is 0 Å². The number of hydrogen-bond acceptors (Lipinski definition) is 2. The first-order valence-corrected chi connectivity index (χ1v) is 6.87. The van der Waals surface area contributed by atoms with E-state index in [0.29, 0.717) is 6.54 Å². The second kappa shape index (κ2) is 5.16. The van der Waals surface area contributed by atoms with Gasteiger partial charge in [0.15, 0.2) is 0 Å². The quantitative estimate of drug-likeness (QED) is 0.890. The summed E-state index contributed by atoms with van der Waals surface area (Å²) < 4.78 is 0. The molecule has 1 aliphatic rings. The summed E-state index contributed by atoms with van der Waals surface area (Å²) in [6.07, 6.45) is 1.11. The second-order valence-electron chi connectivity index (χ2n) is 5.29. The normalized spacial score (nSPS) is 15.3. The molecule has 3 rings (SSSR count). The van der Waals surface area contributed by atoms with E-state index >= 15 is 0 Å². The van der Waals surface area contributed by atoms with E-state index in [1.807, 2.05) is 0 Å². The van der Waals surface area contributed by atoms with Crippen LogP contribution in [0.2, 0.25) is 0 Å². The third kappa shape index (κ3) is 2.29. The number of hydrogen-bond donors (Lipinski definition) is 1. The molecule has 1 aliphatic heterocycles. The monoisotopic (exact) mass is 252 g/mol. The Labute approximate surface area is 114 Å². The van der Waals surface area contributed by atoms with E-state index in [0.717, 1.165) is 19.5 Å². The van der Waals surface area contributed by atoms with Crippen molar-refractivity contribution in [2.75, 3.05) is 13.6 Å². The average Bonchev–Trinajstić information content (AvgIpc) is 2.47. The summed E-state index contributed by atoms with van der Waals surface area (Å²) in [4.78, 5) is 2.37. The summed E-state index contributed by atoms with van der Waals surface area (Å²) in [5.41, 5.74) is 12.8. The predicted molar refractivity (Wildman–Crippen MR) is 79.8 cm³/mol. The van der Waals surface area contributed by atoms with E-state index in [9.17, 15) is 0 Å². The van der Waals surface area contributed by atoms with Crippen LogP contribution < -0.4 is 5.73 Å². The van der Waals surface area contributed by atoms with Crippen LogP contribution in [-0.2, 0) is 19.5 Å². The van der Waals surface area contributed by atoms with Gasteiger partial charge in [0.25, 0.3) is 0 Å². The summed E-state index contributed by atoms with van der Waals surface area (Å²) in [6, 6.07) is 15.1. The minimum absolute atomic E-state index is 0.630. The van der Waals surface area contributed by atoms with Gasteiger partial charge in [0, 0.05) is 19.6 Å². The third-order valence-corrected chi connectivity index (χ3v) is 4.00. The number of rotatable bonds is 2. The van der Waals surface area contributed by atoms with E-state index in [4.69, 9.17) is 5.73 Å². The molecule has 0 saturated carbocycles. The Morgan fingerprint density at radius 1 is 1.05 bits per heavy atom. The van der Waals surface area contributed by atoms with Crippen molar-refractivity contribution in [2.45, 2.75) is 19.5 Å². The first kappa shape index (κ1) is 12.4. The van der Waals surface area contributed by atoms with E-state index in [2.05, 4.69) is 54.4 Å². The van der Waals surface area contributed by atoms with Crippen LogP contribution in [0.15, 0.2) is 42.5 Å². The molecule has 19 heavy (non-hydrogen) atoms. The maximum atomic E-state index is 5.89. The average molecular weight is 252 g/mol. The minimum atomic E-state index is 0.630. The Kier molecular flexibility index (Phi) is 3.36. The van der Waals surface area contributed by atoms with Gasteiger partial charge in [0.2, 0.25) is 0 Å². The highest BCUT2D eigenvalue weighted by Gasteiger charge is 2.19. The summed E-state index contributed by atoms with van der Waals surface area (Å²) in [7, 11) is 2.18. The molecule has 0 atom stereocenters. The van der Waals surface area contributed by atoms with Crippen LogP contribution in [0.5, 0.6) is 0 Å². The minimum Gasteiger partial charge on any atom is -0.326 e. The Bertz CT molecular complexity index is 575. The van der Waals surface area contributed by atoms with Crippen LogP contribution in [0.25, 0.3) is 11.1 Å². The fourth-order valence-electron chi connectivity index (χ4n) is 2.96. The number of nitrogens with zero attached hydrogens (tertiary/aromatic N) is 1. The smallest absolute Gasteiger partial charge is 0.0237 e.